The van der Waals surface area contributed by atoms with Gasteiger partial charge in [-0.2, -0.15) is 0 Å². The van der Waals surface area contributed by atoms with E-state index in [1.165, 1.54) is 4.90 Å². The second-order valence-corrected chi connectivity index (χ2v) is 6.39. The van der Waals surface area contributed by atoms with Crippen molar-refractivity contribution in [3.05, 3.63) is 29.8 Å². The molecule has 2 saturated heterocycles. The van der Waals surface area contributed by atoms with Crippen LogP contribution in [0.5, 0.6) is 0 Å². The summed E-state index contributed by atoms with van der Waals surface area (Å²) in [6, 6.07) is 6.02. The number of hydrogen-bond donors (Lipinski definition) is 0. The van der Waals surface area contributed by atoms with E-state index in [1.807, 2.05) is 0 Å². The lowest BCUT2D eigenvalue weighted by molar-refractivity contribution is -0.123. The van der Waals surface area contributed by atoms with E-state index >= 15 is 0 Å². The van der Waals surface area contributed by atoms with Gasteiger partial charge in [-0.25, -0.2) is 9.69 Å². The Balaban J connectivity index is 1.73. The van der Waals surface area contributed by atoms with E-state index in [2.05, 4.69) is 16.8 Å². The lowest BCUT2D eigenvalue weighted by Crippen LogP contribution is -2.51. The Labute approximate surface area is 147 Å². The molecule has 1 aromatic carbocycles. The zero-order valence-electron chi connectivity index (χ0n) is 14.6. The molecule has 0 N–H and O–H groups in total. The summed E-state index contributed by atoms with van der Waals surface area (Å²) in [4.78, 5) is 42.4. The minimum atomic E-state index is -0.413. The van der Waals surface area contributed by atoms with Crippen LogP contribution in [0.1, 0.15) is 23.7 Å². The molecule has 0 saturated carbocycles. The number of carbonyl (C=O) groups is 3. The van der Waals surface area contributed by atoms with Gasteiger partial charge in [0.05, 0.1) is 30.3 Å². The van der Waals surface area contributed by atoms with E-state index < -0.39 is 5.97 Å². The monoisotopic (exact) mass is 345 g/mol. The maximum absolute atomic E-state index is 12.8. The van der Waals surface area contributed by atoms with Gasteiger partial charge in [0, 0.05) is 26.2 Å². The summed E-state index contributed by atoms with van der Waals surface area (Å²) < 4.78 is 4.94. The van der Waals surface area contributed by atoms with Crippen molar-refractivity contribution >= 4 is 23.5 Å². The Morgan fingerprint density at radius 1 is 1.12 bits per heavy atom. The molecule has 2 heterocycles. The largest absolute Gasteiger partial charge is 0.462 e. The zero-order valence-corrected chi connectivity index (χ0v) is 14.6. The third-order valence-electron chi connectivity index (χ3n) is 4.74. The Morgan fingerprint density at radius 3 is 2.36 bits per heavy atom. The van der Waals surface area contributed by atoms with Crippen LogP contribution in [0, 0.1) is 0 Å². The molecule has 2 aliphatic heterocycles. The first kappa shape index (κ1) is 17.6. The molecule has 3 rings (SSSR count). The molecular formula is C18H23N3O4. The zero-order chi connectivity index (χ0) is 18.0. The number of rotatable bonds is 4. The number of hydrogen-bond acceptors (Lipinski definition) is 6. The van der Waals surface area contributed by atoms with Gasteiger partial charge in [-0.1, -0.05) is 0 Å². The van der Waals surface area contributed by atoms with Crippen LogP contribution in [-0.2, 0) is 14.3 Å². The molecule has 1 atom stereocenters. The molecule has 0 spiro atoms. The van der Waals surface area contributed by atoms with Crippen LogP contribution in [-0.4, -0.2) is 73.5 Å². The number of piperazine rings is 1. The van der Waals surface area contributed by atoms with Crippen LogP contribution in [0.3, 0.4) is 0 Å². The fourth-order valence-electron chi connectivity index (χ4n) is 3.27. The molecule has 2 aliphatic rings. The van der Waals surface area contributed by atoms with Crippen LogP contribution in [0.2, 0.25) is 0 Å². The van der Waals surface area contributed by atoms with Crippen LogP contribution in [0.15, 0.2) is 24.3 Å². The molecule has 0 aliphatic carbocycles. The Bertz CT molecular complexity index is 665. The van der Waals surface area contributed by atoms with Crippen LogP contribution < -0.4 is 4.90 Å². The normalized spacial score (nSPS) is 22.5. The van der Waals surface area contributed by atoms with E-state index in [0.29, 0.717) is 17.9 Å². The second-order valence-electron chi connectivity index (χ2n) is 6.39. The van der Waals surface area contributed by atoms with Gasteiger partial charge in [-0.3, -0.25) is 14.5 Å². The summed E-state index contributed by atoms with van der Waals surface area (Å²) in [6.07, 6.45) is 0.210. The highest BCUT2D eigenvalue weighted by Crippen LogP contribution is 2.26. The molecular weight excluding hydrogens is 322 g/mol. The highest BCUT2D eigenvalue weighted by atomic mass is 16.5. The van der Waals surface area contributed by atoms with Gasteiger partial charge in [0.1, 0.15) is 0 Å². The Hall–Kier alpha value is -2.25. The molecule has 25 heavy (non-hydrogen) atoms. The average Bonchev–Trinajstić information content (AvgIpc) is 2.90. The predicted octanol–water partition coefficient (Wildman–Crippen LogP) is 0.743. The summed E-state index contributed by atoms with van der Waals surface area (Å²) in [5.74, 6) is -0.792. The summed E-state index contributed by atoms with van der Waals surface area (Å²) in [5.41, 5.74) is 0.903. The van der Waals surface area contributed by atoms with Crippen molar-refractivity contribution in [1.82, 2.24) is 9.80 Å². The van der Waals surface area contributed by atoms with Crippen molar-refractivity contribution in [3.8, 4) is 0 Å². The van der Waals surface area contributed by atoms with Gasteiger partial charge in [0.25, 0.3) is 5.91 Å². The maximum atomic E-state index is 12.8. The van der Waals surface area contributed by atoms with Crippen molar-refractivity contribution in [1.29, 1.82) is 0 Å². The maximum Gasteiger partial charge on any atom is 0.338 e. The van der Waals surface area contributed by atoms with Gasteiger partial charge in [0.15, 0.2) is 0 Å². The molecule has 1 aromatic rings. The average molecular weight is 345 g/mol. The quantitative estimate of drug-likeness (QED) is 0.592. The molecule has 7 heteroatoms. The molecule has 0 unspecified atom stereocenters. The fourth-order valence-corrected chi connectivity index (χ4v) is 3.27. The number of carbonyl (C=O) groups excluding carboxylic acids is 3. The topological polar surface area (TPSA) is 70.2 Å². The molecule has 7 nitrogen and oxygen atoms in total. The van der Waals surface area contributed by atoms with E-state index in [4.69, 9.17) is 4.74 Å². The molecule has 2 amide bonds. The summed E-state index contributed by atoms with van der Waals surface area (Å²) >= 11 is 0. The van der Waals surface area contributed by atoms with Gasteiger partial charge in [0.2, 0.25) is 5.91 Å². The van der Waals surface area contributed by atoms with E-state index in [-0.39, 0.29) is 24.3 Å². The third-order valence-corrected chi connectivity index (χ3v) is 4.74. The molecule has 0 radical (unpaired) electrons. The standard InChI is InChI=1S/C18H23N3O4/c1-3-25-18(24)13-4-6-14(7-5-13)21-16(22)12-15(17(21)23)20-10-8-19(2)9-11-20/h4-7,15H,3,8-12H2,1-2H3/t15-/m0/s1. The minimum Gasteiger partial charge on any atom is -0.462 e. The number of imide groups is 1. The van der Waals surface area contributed by atoms with E-state index in [9.17, 15) is 14.4 Å². The van der Waals surface area contributed by atoms with Crippen molar-refractivity contribution in [3.63, 3.8) is 0 Å². The third kappa shape index (κ3) is 3.57. The van der Waals surface area contributed by atoms with Gasteiger partial charge >= 0.3 is 5.97 Å². The number of ether oxygens (including phenoxy) is 1. The number of esters is 1. The van der Waals surface area contributed by atoms with Gasteiger partial charge < -0.3 is 9.64 Å². The van der Waals surface area contributed by atoms with Crippen molar-refractivity contribution < 1.29 is 19.1 Å². The Morgan fingerprint density at radius 2 is 1.76 bits per heavy atom. The van der Waals surface area contributed by atoms with E-state index in [1.54, 1.807) is 31.2 Å². The minimum absolute atomic E-state index is 0.182. The van der Waals surface area contributed by atoms with Crippen LogP contribution >= 0.6 is 0 Å². The van der Waals surface area contributed by atoms with Gasteiger partial charge in [-0.15, -0.1) is 0 Å². The Kier molecular flexibility index (Phi) is 5.15. The highest BCUT2D eigenvalue weighted by molar-refractivity contribution is 6.22. The summed E-state index contributed by atoms with van der Waals surface area (Å²) in [5, 5.41) is 0. The van der Waals surface area contributed by atoms with Gasteiger partial charge in [-0.05, 0) is 38.2 Å². The summed E-state index contributed by atoms with van der Waals surface area (Å²) in [7, 11) is 2.05. The van der Waals surface area contributed by atoms with E-state index in [0.717, 1.165) is 26.2 Å². The number of nitrogens with zero attached hydrogens (tertiary/aromatic N) is 3. The first-order valence-corrected chi connectivity index (χ1v) is 8.58. The summed E-state index contributed by atoms with van der Waals surface area (Å²) in [6.45, 7) is 5.41. The fraction of sp³-hybridized carbons (Fsp3) is 0.500. The first-order valence-electron chi connectivity index (χ1n) is 8.58. The lowest BCUT2D eigenvalue weighted by atomic mass is 10.1. The highest BCUT2D eigenvalue weighted by Gasteiger charge is 2.43. The van der Waals surface area contributed by atoms with Crippen molar-refractivity contribution in [2.24, 2.45) is 0 Å². The molecule has 0 aromatic heterocycles. The van der Waals surface area contributed by atoms with Crippen LogP contribution in [0.25, 0.3) is 0 Å². The SMILES string of the molecule is CCOC(=O)c1ccc(N2C(=O)C[C@H](N3CCN(C)CC3)C2=O)cc1. The van der Waals surface area contributed by atoms with Crippen molar-refractivity contribution in [2.75, 3.05) is 44.7 Å². The first-order chi connectivity index (χ1) is 12.0. The smallest absolute Gasteiger partial charge is 0.338 e. The number of amides is 2. The lowest BCUT2D eigenvalue weighted by Gasteiger charge is -2.35. The number of benzene rings is 1. The molecule has 2 fully saturated rings. The van der Waals surface area contributed by atoms with Crippen LogP contribution in [0.4, 0.5) is 5.69 Å². The predicted molar refractivity (Wildman–Crippen MR) is 92.4 cm³/mol. The number of anilines is 1. The second kappa shape index (κ2) is 7.33. The van der Waals surface area contributed by atoms with Crippen molar-refractivity contribution in [2.45, 2.75) is 19.4 Å². The number of likely N-dealkylation sites (N-methyl/N-ethyl adjacent to an activating group) is 1. The molecule has 0 bridgehead atoms. The molecule has 134 valence electrons.